The Hall–Kier alpha value is -2.16. The van der Waals surface area contributed by atoms with Gasteiger partial charge in [-0.15, -0.1) is 0 Å². The van der Waals surface area contributed by atoms with Crippen molar-refractivity contribution in [2.24, 2.45) is 0 Å². The number of carbonyl (C=O) groups excluding carboxylic acids is 1. The maximum absolute atomic E-state index is 12.2. The topological polar surface area (TPSA) is 62.1 Å². The third-order valence-electron chi connectivity index (χ3n) is 2.69. The van der Waals surface area contributed by atoms with E-state index in [9.17, 15) is 13.6 Å². The average Bonchev–Trinajstić information content (AvgIpc) is 2.38. The number of para-hydroxylation sites is 1. The van der Waals surface area contributed by atoms with Crippen molar-refractivity contribution in [2.75, 3.05) is 0 Å². The second kappa shape index (κ2) is 6.14. The van der Waals surface area contributed by atoms with Crippen LogP contribution in [0.4, 0.5) is 8.78 Å². The Balaban J connectivity index is 2.97. The summed E-state index contributed by atoms with van der Waals surface area (Å²) in [4.78, 5) is 12.0. The molecule has 0 fully saturated rings. The van der Waals surface area contributed by atoms with Gasteiger partial charge in [-0.1, -0.05) is 19.1 Å². The first-order valence-corrected chi connectivity index (χ1v) is 5.69. The number of benzene rings is 1. The number of rotatable bonds is 5. The summed E-state index contributed by atoms with van der Waals surface area (Å²) in [7, 11) is 0. The van der Waals surface area contributed by atoms with Crippen LogP contribution in [0.25, 0.3) is 0 Å². The second-order valence-electron chi connectivity index (χ2n) is 4.13. The van der Waals surface area contributed by atoms with E-state index in [0.29, 0.717) is 6.42 Å². The zero-order chi connectivity index (χ0) is 14.5. The number of carbonyl (C=O) groups is 1. The van der Waals surface area contributed by atoms with Crippen LogP contribution in [-0.4, -0.2) is 18.1 Å². The monoisotopic (exact) mass is 268 g/mol. The first-order chi connectivity index (χ1) is 8.91. The third kappa shape index (κ3) is 3.91. The summed E-state index contributed by atoms with van der Waals surface area (Å²) in [6, 6.07) is 7.62. The minimum Gasteiger partial charge on any atom is -0.434 e. The lowest BCUT2D eigenvalue weighted by Crippen LogP contribution is -2.44. The molecule has 1 amide bonds. The van der Waals surface area contributed by atoms with Gasteiger partial charge in [-0.05, 0) is 25.5 Å². The maximum Gasteiger partial charge on any atom is 0.387 e. The van der Waals surface area contributed by atoms with Gasteiger partial charge >= 0.3 is 6.61 Å². The van der Waals surface area contributed by atoms with E-state index < -0.39 is 18.1 Å². The molecule has 0 radical (unpaired) electrons. The SMILES string of the molecule is CC[C@](C)(C#N)NC(=O)c1ccccc1OC(F)F. The fourth-order valence-electron chi connectivity index (χ4n) is 1.37. The van der Waals surface area contributed by atoms with Gasteiger partial charge in [-0.2, -0.15) is 14.0 Å². The van der Waals surface area contributed by atoms with Crippen LogP contribution in [0.1, 0.15) is 30.6 Å². The smallest absolute Gasteiger partial charge is 0.387 e. The minimum absolute atomic E-state index is 0.0299. The third-order valence-corrected chi connectivity index (χ3v) is 2.69. The van der Waals surface area contributed by atoms with Gasteiger partial charge in [0.25, 0.3) is 5.91 Å². The molecule has 0 aliphatic carbocycles. The molecule has 0 bridgehead atoms. The number of amides is 1. The summed E-state index contributed by atoms with van der Waals surface area (Å²) in [5, 5.41) is 11.5. The number of alkyl halides is 2. The molecule has 1 N–H and O–H groups in total. The molecule has 0 unspecified atom stereocenters. The van der Waals surface area contributed by atoms with E-state index in [1.165, 1.54) is 24.3 Å². The largest absolute Gasteiger partial charge is 0.434 e. The van der Waals surface area contributed by atoms with Crippen LogP contribution in [0.2, 0.25) is 0 Å². The van der Waals surface area contributed by atoms with Crippen LogP contribution in [-0.2, 0) is 0 Å². The summed E-state index contributed by atoms with van der Waals surface area (Å²) in [5.74, 6) is -0.839. The van der Waals surface area contributed by atoms with Gasteiger partial charge in [0.15, 0.2) is 0 Å². The molecule has 0 aliphatic heterocycles. The van der Waals surface area contributed by atoms with Gasteiger partial charge < -0.3 is 10.1 Å². The molecule has 6 heteroatoms. The van der Waals surface area contributed by atoms with E-state index in [2.05, 4.69) is 10.1 Å². The van der Waals surface area contributed by atoms with Crippen LogP contribution in [0.15, 0.2) is 24.3 Å². The zero-order valence-electron chi connectivity index (χ0n) is 10.6. The molecule has 0 saturated carbocycles. The van der Waals surface area contributed by atoms with Gasteiger partial charge in [-0.25, -0.2) is 0 Å². The van der Waals surface area contributed by atoms with E-state index in [0.717, 1.165) is 0 Å². The summed E-state index contributed by atoms with van der Waals surface area (Å²) in [5.41, 5.74) is -1.08. The Bertz CT molecular complexity index is 500. The van der Waals surface area contributed by atoms with Gasteiger partial charge in [-0.3, -0.25) is 4.79 Å². The number of nitrogens with one attached hydrogen (secondary N) is 1. The molecule has 1 aromatic carbocycles. The maximum atomic E-state index is 12.2. The molecule has 1 rings (SSSR count). The van der Waals surface area contributed by atoms with Crippen molar-refractivity contribution in [3.05, 3.63) is 29.8 Å². The molecular formula is C13H14F2N2O2. The Morgan fingerprint density at radius 2 is 2.16 bits per heavy atom. The van der Waals surface area contributed by atoms with Gasteiger partial charge in [0.1, 0.15) is 11.3 Å². The Kier molecular flexibility index (Phi) is 4.81. The Labute approximate surface area is 110 Å². The highest BCUT2D eigenvalue weighted by Crippen LogP contribution is 2.21. The summed E-state index contributed by atoms with van der Waals surface area (Å²) >= 11 is 0. The normalized spacial score (nSPS) is 13.5. The van der Waals surface area contributed by atoms with Crippen molar-refractivity contribution in [2.45, 2.75) is 32.4 Å². The van der Waals surface area contributed by atoms with Gasteiger partial charge in [0.05, 0.1) is 11.6 Å². The van der Waals surface area contributed by atoms with Crippen molar-refractivity contribution in [1.29, 1.82) is 5.26 Å². The lowest BCUT2D eigenvalue weighted by Gasteiger charge is -2.21. The fourth-order valence-corrected chi connectivity index (χ4v) is 1.37. The molecule has 102 valence electrons. The van der Waals surface area contributed by atoms with E-state index in [1.807, 2.05) is 6.07 Å². The molecule has 0 saturated heterocycles. The predicted octanol–water partition coefficient (Wildman–Crippen LogP) is 2.71. The van der Waals surface area contributed by atoms with E-state index in [-0.39, 0.29) is 11.3 Å². The van der Waals surface area contributed by atoms with Crippen LogP contribution in [0.3, 0.4) is 0 Å². The highest BCUT2D eigenvalue weighted by Gasteiger charge is 2.26. The quantitative estimate of drug-likeness (QED) is 0.893. The second-order valence-corrected chi connectivity index (χ2v) is 4.13. The van der Waals surface area contributed by atoms with Crippen LogP contribution in [0.5, 0.6) is 5.75 Å². The molecule has 0 heterocycles. The average molecular weight is 268 g/mol. The summed E-state index contributed by atoms with van der Waals surface area (Å²) < 4.78 is 28.7. The highest BCUT2D eigenvalue weighted by molar-refractivity contribution is 5.97. The first-order valence-electron chi connectivity index (χ1n) is 5.69. The number of halogens is 2. The summed E-state index contributed by atoms with van der Waals surface area (Å²) in [6.07, 6.45) is 0.396. The molecule has 1 atom stereocenters. The van der Waals surface area contributed by atoms with Crippen LogP contribution < -0.4 is 10.1 Å². The fraction of sp³-hybridized carbons (Fsp3) is 0.385. The molecule has 4 nitrogen and oxygen atoms in total. The molecular weight excluding hydrogens is 254 g/mol. The van der Waals surface area contributed by atoms with Crippen molar-refractivity contribution in [3.8, 4) is 11.8 Å². The van der Waals surface area contributed by atoms with Crippen molar-refractivity contribution in [1.82, 2.24) is 5.32 Å². The van der Waals surface area contributed by atoms with E-state index in [1.54, 1.807) is 13.8 Å². The Morgan fingerprint density at radius 3 is 2.68 bits per heavy atom. The number of ether oxygens (including phenoxy) is 1. The lowest BCUT2D eigenvalue weighted by atomic mass is 10.0. The molecule has 1 aromatic rings. The number of hydrogen-bond donors (Lipinski definition) is 1. The number of nitriles is 1. The number of nitrogens with zero attached hydrogens (tertiary/aromatic N) is 1. The van der Waals surface area contributed by atoms with Crippen LogP contribution >= 0.6 is 0 Å². The summed E-state index contributed by atoms with van der Waals surface area (Å²) in [6.45, 7) is 0.287. The number of hydrogen-bond acceptors (Lipinski definition) is 3. The van der Waals surface area contributed by atoms with E-state index >= 15 is 0 Å². The first kappa shape index (κ1) is 14.9. The highest BCUT2D eigenvalue weighted by atomic mass is 19.3. The molecule has 0 spiro atoms. The van der Waals surface area contributed by atoms with Crippen LogP contribution in [0, 0.1) is 11.3 Å². The molecule has 0 aromatic heterocycles. The van der Waals surface area contributed by atoms with Crippen molar-refractivity contribution < 1.29 is 18.3 Å². The van der Waals surface area contributed by atoms with E-state index in [4.69, 9.17) is 5.26 Å². The van der Waals surface area contributed by atoms with Crippen molar-refractivity contribution >= 4 is 5.91 Å². The zero-order valence-corrected chi connectivity index (χ0v) is 10.6. The van der Waals surface area contributed by atoms with Gasteiger partial charge in [0.2, 0.25) is 0 Å². The molecule has 0 aliphatic rings. The predicted molar refractivity (Wildman–Crippen MR) is 64.8 cm³/mol. The van der Waals surface area contributed by atoms with Crippen molar-refractivity contribution in [3.63, 3.8) is 0 Å². The van der Waals surface area contributed by atoms with Gasteiger partial charge in [0, 0.05) is 0 Å². The standard InChI is InChI=1S/C13H14F2N2O2/c1-3-13(2,8-16)17-11(18)9-6-4-5-7-10(9)19-12(14)15/h4-7,12H,3H2,1-2H3,(H,17,18)/t13-/m1/s1. The molecule has 19 heavy (non-hydrogen) atoms. The Morgan fingerprint density at radius 1 is 1.53 bits per heavy atom. The lowest BCUT2D eigenvalue weighted by molar-refractivity contribution is -0.0501. The minimum atomic E-state index is -3.01.